The van der Waals surface area contributed by atoms with Crippen LogP contribution in [-0.2, 0) is 11.3 Å². The van der Waals surface area contributed by atoms with Crippen molar-refractivity contribution in [1.82, 2.24) is 5.32 Å². The van der Waals surface area contributed by atoms with E-state index in [2.05, 4.69) is 5.32 Å². The van der Waals surface area contributed by atoms with Gasteiger partial charge in [0, 0.05) is 14.4 Å². The first-order valence-electron chi connectivity index (χ1n) is 4.93. The van der Waals surface area contributed by atoms with E-state index < -0.39 is 0 Å². The molecule has 0 saturated heterocycles. The lowest BCUT2D eigenvalue weighted by molar-refractivity contribution is -0.119. The van der Waals surface area contributed by atoms with Crippen molar-refractivity contribution in [3.05, 3.63) is 46.3 Å². The Kier molecular flexibility index (Phi) is 2.72. The van der Waals surface area contributed by atoms with Crippen molar-refractivity contribution in [2.24, 2.45) is 0 Å². The Balaban J connectivity index is 0.00000144. The zero-order valence-corrected chi connectivity index (χ0v) is 8.82. The van der Waals surface area contributed by atoms with E-state index in [1.165, 1.54) is 13.0 Å². The maximum Gasteiger partial charge on any atom is 0.217 e. The molecule has 0 fully saturated rings. The second-order valence-electron chi connectivity index (χ2n) is 3.48. The summed E-state index contributed by atoms with van der Waals surface area (Å²) < 4.78 is 5.48. The molecule has 0 atom stereocenters. The van der Waals surface area contributed by atoms with Gasteiger partial charge in [0.05, 0.1) is 11.9 Å². The van der Waals surface area contributed by atoms with E-state index in [9.17, 15) is 9.59 Å². The van der Waals surface area contributed by atoms with Crippen LogP contribution in [0.5, 0.6) is 0 Å². The minimum Gasteiger partial charge on any atom is -0.459 e. The van der Waals surface area contributed by atoms with E-state index in [4.69, 9.17) is 4.42 Å². The van der Waals surface area contributed by atoms with Gasteiger partial charge in [0.1, 0.15) is 11.3 Å². The highest BCUT2D eigenvalue weighted by atomic mass is 16.3. The predicted molar refractivity (Wildman–Crippen MR) is 62.1 cm³/mol. The number of benzene rings is 1. The van der Waals surface area contributed by atoms with Crippen LogP contribution in [0.2, 0.25) is 0 Å². The topological polar surface area (TPSA) is 59.3 Å². The van der Waals surface area contributed by atoms with Crippen molar-refractivity contribution in [2.45, 2.75) is 13.5 Å². The normalized spacial score (nSPS) is 10.3. The number of carbonyl (C=O) groups excluding carboxylic acids is 1. The van der Waals surface area contributed by atoms with Crippen LogP contribution in [0.25, 0.3) is 11.0 Å². The van der Waals surface area contributed by atoms with Gasteiger partial charge in [-0.05, 0) is 12.1 Å². The van der Waals surface area contributed by atoms with Crippen molar-refractivity contribution >= 4 is 16.9 Å². The highest BCUT2D eigenvalue weighted by molar-refractivity contribution is 5.76. The lowest BCUT2D eigenvalue weighted by Gasteiger charge is -2.02. The first-order valence-corrected chi connectivity index (χ1v) is 4.93. The number of nitrogens with one attached hydrogen (secondary N) is 1. The van der Waals surface area contributed by atoms with Crippen molar-refractivity contribution in [3.8, 4) is 0 Å². The van der Waals surface area contributed by atoms with Crippen LogP contribution in [0.1, 0.15) is 14.1 Å². The van der Waals surface area contributed by atoms with Gasteiger partial charge in [-0.25, -0.2) is 0 Å². The summed E-state index contributed by atoms with van der Waals surface area (Å²) in [5.41, 5.74) is 0.442. The van der Waals surface area contributed by atoms with Gasteiger partial charge < -0.3 is 9.73 Å². The predicted octanol–water partition coefficient (Wildman–Crippen LogP) is 1.68. The summed E-state index contributed by atoms with van der Waals surface area (Å²) in [6.45, 7) is 1.65. The summed E-state index contributed by atoms with van der Waals surface area (Å²) in [4.78, 5) is 22.4. The van der Waals surface area contributed by atoms with Gasteiger partial charge >= 0.3 is 0 Å². The number of hydrogen-bond donors (Lipinski definition) is 1. The molecule has 4 heteroatoms. The third-order valence-corrected chi connectivity index (χ3v) is 2.20. The quantitative estimate of drug-likeness (QED) is 0.835. The van der Waals surface area contributed by atoms with Gasteiger partial charge in [-0.1, -0.05) is 12.1 Å². The van der Waals surface area contributed by atoms with Gasteiger partial charge in [0.2, 0.25) is 5.91 Å². The molecule has 1 aromatic carbocycles. The lowest BCUT2D eigenvalue weighted by Crippen LogP contribution is -2.19. The van der Waals surface area contributed by atoms with E-state index in [1.54, 1.807) is 24.3 Å². The van der Waals surface area contributed by atoms with E-state index in [-0.39, 0.29) is 19.3 Å². The molecule has 1 amide bonds. The molecule has 4 nitrogen and oxygen atoms in total. The van der Waals surface area contributed by atoms with Crippen LogP contribution in [0.15, 0.2) is 39.5 Å². The average Bonchev–Trinajstić information content (AvgIpc) is 2.26. The molecule has 1 heterocycles. The van der Waals surface area contributed by atoms with Crippen LogP contribution < -0.4 is 10.7 Å². The largest absolute Gasteiger partial charge is 0.459 e. The Labute approximate surface area is 93.4 Å². The fourth-order valence-electron chi connectivity index (χ4n) is 1.45. The van der Waals surface area contributed by atoms with Crippen molar-refractivity contribution in [1.29, 1.82) is 0 Å². The number of fused-ring (bicyclic) bond motifs is 1. The molecule has 0 radical (unpaired) electrons. The fourth-order valence-corrected chi connectivity index (χ4v) is 1.45. The van der Waals surface area contributed by atoms with Crippen LogP contribution in [-0.4, -0.2) is 5.91 Å². The summed E-state index contributed by atoms with van der Waals surface area (Å²) in [5, 5.41) is 3.13. The Bertz CT molecular complexity index is 592. The van der Waals surface area contributed by atoms with Gasteiger partial charge in [-0.3, -0.25) is 9.59 Å². The molecular weight excluding hydrogens is 206 g/mol. The van der Waals surface area contributed by atoms with Gasteiger partial charge in [-0.2, -0.15) is 0 Å². The van der Waals surface area contributed by atoms with Crippen LogP contribution >= 0.6 is 0 Å². The first-order chi connectivity index (χ1) is 7.66. The monoisotopic (exact) mass is 219 g/mol. The van der Waals surface area contributed by atoms with E-state index in [0.29, 0.717) is 16.7 Å². The number of hydrogen-bond acceptors (Lipinski definition) is 3. The summed E-state index contributed by atoms with van der Waals surface area (Å²) in [5.74, 6) is 0.301. The molecule has 1 aromatic heterocycles. The molecule has 0 aliphatic rings. The lowest BCUT2D eigenvalue weighted by atomic mass is 10.2. The number of rotatable bonds is 2. The molecule has 0 aliphatic carbocycles. The molecule has 1 N–H and O–H groups in total. The molecule has 0 spiro atoms. The Hall–Kier alpha value is -2.10. The highest BCUT2D eigenvalue weighted by Gasteiger charge is 2.03. The summed E-state index contributed by atoms with van der Waals surface area (Å²) in [7, 11) is 0. The molecule has 84 valence electrons. The summed E-state index contributed by atoms with van der Waals surface area (Å²) in [6.07, 6.45) is 0. The van der Waals surface area contributed by atoms with Gasteiger partial charge in [-0.15, -0.1) is 0 Å². The van der Waals surface area contributed by atoms with Gasteiger partial charge in [0.15, 0.2) is 5.43 Å². The zero-order chi connectivity index (χ0) is 11.5. The molecule has 2 aromatic rings. The minimum atomic E-state index is -0.157. The van der Waals surface area contributed by atoms with Gasteiger partial charge in [0.25, 0.3) is 0 Å². The van der Waals surface area contributed by atoms with Crippen molar-refractivity contribution in [3.63, 3.8) is 0 Å². The van der Waals surface area contributed by atoms with Crippen LogP contribution in [0, 0.1) is 0 Å². The Morgan fingerprint density at radius 1 is 1.44 bits per heavy atom. The van der Waals surface area contributed by atoms with E-state index in [1.807, 2.05) is 0 Å². The Morgan fingerprint density at radius 2 is 2.19 bits per heavy atom. The summed E-state index contributed by atoms with van der Waals surface area (Å²) >= 11 is 0. The average molecular weight is 219 g/mol. The van der Waals surface area contributed by atoms with Crippen molar-refractivity contribution < 1.29 is 10.6 Å². The number of carbonyl (C=O) groups is 1. The minimum absolute atomic E-state index is 0. The molecular formula is C12H13NO3. The maximum atomic E-state index is 11.7. The highest BCUT2D eigenvalue weighted by Crippen LogP contribution is 2.11. The molecule has 0 aliphatic heterocycles. The Morgan fingerprint density at radius 3 is 2.94 bits per heavy atom. The van der Waals surface area contributed by atoms with E-state index >= 15 is 0 Å². The molecule has 16 heavy (non-hydrogen) atoms. The molecule has 0 saturated carbocycles. The maximum absolute atomic E-state index is 11.7. The zero-order valence-electron chi connectivity index (χ0n) is 8.82. The smallest absolute Gasteiger partial charge is 0.217 e. The number of para-hydroxylation sites is 1. The third-order valence-electron chi connectivity index (χ3n) is 2.20. The second kappa shape index (κ2) is 4.18. The molecule has 0 bridgehead atoms. The third kappa shape index (κ3) is 2.11. The standard InChI is InChI=1S/C12H11NO3.H2/c1-8(14)13-7-9-6-11(15)10-4-2-3-5-12(10)16-9;/h2-6H,7H2,1H3,(H,13,14);1H. The fraction of sp³-hybridized carbons (Fsp3) is 0.167. The SMILES string of the molecule is CC(=O)NCc1cc(=O)c2ccccc2o1.[HH]. The molecule has 0 unspecified atom stereocenters. The summed E-state index contributed by atoms with van der Waals surface area (Å²) in [6, 6.07) is 8.43. The first kappa shape index (κ1) is 10.4. The van der Waals surface area contributed by atoms with E-state index in [0.717, 1.165) is 0 Å². The number of amides is 1. The second-order valence-corrected chi connectivity index (χ2v) is 3.48. The van der Waals surface area contributed by atoms with Crippen LogP contribution in [0.3, 0.4) is 0 Å². The molecule has 2 rings (SSSR count). The van der Waals surface area contributed by atoms with Crippen LogP contribution in [0.4, 0.5) is 0 Å². The van der Waals surface area contributed by atoms with Crippen molar-refractivity contribution in [2.75, 3.05) is 0 Å².